The number of phosphoric ester groups is 1. The molecule has 1 aromatic heterocycles. The van der Waals surface area contributed by atoms with Crippen LogP contribution in [0.15, 0.2) is 21.9 Å². The van der Waals surface area contributed by atoms with Crippen molar-refractivity contribution in [2.75, 3.05) is 6.61 Å². The van der Waals surface area contributed by atoms with Gasteiger partial charge in [0.05, 0.1) is 18.8 Å². The summed E-state index contributed by atoms with van der Waals surface area (Å²) in [5, 5.41) is 0. The Hall–Kier alpha value is -2.33. The minimum atomic E-state index is -4.25. The summed E-state index contributed by atoms with van der Waals surface area (Å²) in [5.41, 5.74) is -0.560. The van der Waals surface area contributed by atoms with Crippen LogP contribution in [0.25, 0.3) is 0 Å². The molecular weight excluding hydrogens is 533 g/mol. The predicted octanol–water partition coefficient (Wildman–Crippen LogP) is 5.75. The summed E-state index contributed by atoms with van der Waals surface area (Å²) in [5.74, 6) is -0.557. The Morgan fingerprint density at radius 3 is 2.38 bits per heavy atom. The van der Waals surface area contributed by atoms with Crippen LogP contribution in [0.3, 0.4) is 0 Å². The summed E-state index contributed by atoms with van der Waals surface area (Å²) in [6.07, 6.45) is -2.55. The third-order valence-electron chi connectivity index (χ3n) is 6.98. The summed E-state index contributed by atoms with van der Waals surface area (Å²) >= 11 is 0. The molecule has 4 unspecified atom stereocenters. The third kappa shape index (κ3) is 5.92. The van der Waals surface area contributed by atoms with Crippen molar-refractivity contribution < 1.29 is 31.7 Å². The number of aromatic amines is 1. The lowest BCUT2D eigenvalue weighted by molar-refractivity contribution is -0.0371. The van der Waals surface area contributed by atoms with Gasteiger partial charge in [0.25, 0.3) is 5.56 Å². The number of nitrogens with one attached hydrogen (secondary N) is 1. The molecule has 1 saturated heterocycles. The lowest BCUT2D eigenvalue weighted by Gasteiger charge is -2.33. The first kappa shape index (κ1) is 29.6. The lowest BCUT2D eigenvalue weighted by Crippen LogP contribution is -2.34. The van der Waals surface area contributed by atoms with Crippen LogP contribution in [-0.4, -0.2) is 28.4 Å². The maximum Gasteiger partial charge on any atom is 0.530 e. The van der Waals surface area contributed by atoms with Crippen LogP contribution in [0, 0.1) is 5.82 Å². The summed E-state index contributed by atoms with van der Waals surface area (Å²) in [6, 6.07) is 1.72. The molecule has 39 heavy (non-hydrogen) atoms. The molecule has 2 aliphatic heterocycles. The summed E-state index contributed by atoms with van der Waals surface area (Å²) in [6.45, 7) is 14.2. The Morgan fingerprint density at radius 2 is 1.79 bits per heavy atom. The zero-order valence-corrected chi connectivity index (χ0v) is 24.5. The maximum absolute atomic E-state index is 15.5. The van der Waals surface area contributed by atoms with E-state index in [1.165, 1.54) is 6.20 Å². The van der Waals surface area contributed by atoms with Gasteiger partial charge in [-0.1, -0.05) is 55.4 Å². The average molecular weight is 571 g/mol. The molecule has 216 valence electrons. The molecule has 3 heterocycles. The number of rotatable bonds is 5. The fourth-order valence-electron chi connectivity index (χ4n) is 4.68. The number of H-pyrrole nitrogens is 1. The van der Waals surface area contributed by atoms with Gasteiger partial charge in [0.2, 0.25) is 0 Å². The van der Waals surface area contributed by atoms with Crippen molar-refractivity contribution in [1.82, 2.24) is 9.55 Å². The largest absolute Gasteiger partial charge is 0.530 e. The molecular formula is C27H37F2N2O7P. The number of hydrogen-bond acceptors (Lipinski definition) is 7. The van der Waals surface area contributed by atoms with Gasteiger partial charge in [0.1, 0.15) is 30.1 Å². The van der Waals surface area contributed by atoms with E-state index in [0.717, 1.165) is 4.57 Å². The first-order valence-corrected chi connectivity index (χ1v) is 14.5. The smallest absolute Gasteiger partial charge is 0.403 e. The van der Waals surface area contributed by atoms with Gasteiger partial charge in [0.15, 0.2) is 0 Å². The SMILES string of the molecule is CC(C)c1cn(C2CC(F)C(COP3(=O)OCc4c(F)c(C(C)(C)C)cc(C(C)(C)C)c4O3)O2)c(=O)[nH]c1=O. The lowest BCUT2D eigenvalue weighted by atomic mass is 9.78. The molecule has 1 N–H and O–H groups in total. The van der Waals surface area contributed by atoms with Gasteiger partial charge in [-0.25, -0.2) is 18.1 Å². The molecule has 0 saturated carbocycles. The Labute approximate surface area is 226 Å². The highest BCUT2D eigenvalue weighted by atomic mass is 31.2. The van der Waals surface area contributed by atoms with E-state index in [1.54, 1.807) is 19.9 Å². The number of fused-ring (bicyclic) bond motifs is 1. The number of hydrogen-bond donors (Lipinski definition) is 1. The van der Waals surface area contributed by atoms with Gasteiger partial charge >= 0.3 is 13.5 Å². The van der Waals surface area contributed by atoms with Gasteiger partial charge in [-0.05, 0) is 28.4 Å². The number of alkyl halides is 1. The van der Waals surface area contributed by atoms with Gasteiger partial charge in [-0.3, -0.25) is 23.4 Å². The fraction of sp³-hybridized carbons (Fsp3) is 0.630. The molecule has 12 heteroatoms. The molecule has 0 radical (unpaired) electrons. The summed E-state index contributed by atoms with van der Waals surface area (Å²) < 4.78 is 67.3. The number of nitrogens with zero attached hydrogens (tertiary/aromatic N) is 1. The van der Waals surface area contributed by atoms with Crippen LogP contribution >= 0.6 is 7.82 Å². The Kier molecular flexibility index (Phi) is 7.79. The number of benzene rings is 1. The second-order valence-electron chi connectivity index (χ2n) is 12.5. The Bertz CT molecular complexity index is 1420. The van der Waals surface area contributed by atoms with E-state index in [9.17, 15) is 18.5 Å². The quantitative estimate of drug-likeness (QED) is 0.456. The van der Waals surface area contributed by atoms with Gasteiger partial charge in [-0.2, -0.15) is 0 Å². The molecule has 2 aromatic rings. The van der Waals surface area contributed by atoms with Crippen LogP contribution < -0.4 is 15.8 Å². The number of aromatic nitrogens is 2. The van der Waals surface area contributed by atoms with E-state index in [-0.39, 0.29) is 30.3 Å². The fourth-order valence-corrected chi connectivity index (χ4v) is 5.91. The second-order valence-corrected chi connectivity index (χ2v) is 14.1. The van der Waals surface area contributed by atoms with Gasteiger partial charge in [0, 0.05) is 23.7 Å². The van der Waals surface area contributed by atoms with E-state index in [2.05, 4.69) is 4.98 Å². The molecule has 4 atom stereocenters. The average Bonchev–Trinajstić information content (AvgIpc) is 3.16. The topological polar surface area (TPSA) is 109 Å². The maximum atomic E-state index is 15.5. The van der Waals surface area contributed by atoms with Crippen molar-refractivity contribution in [2.24, 2.45) is 0 Å². The second kappa shape index (κ2) is 10.3. The summed E-state index contributed by atoms with van der Waals surface area (Å²) in [4.78, 5) is 26.7. The number of phosphoric acid groups is 1. The minimum absolute atomic E-state index is 0.102. The zero-order chi connectivity index (χ0) is 29.1. The molecule has 0 bridgehead atoms. The van der Waals surface area contributed by atoms with Gasteiger partial charge < -0.3 is 9.26 Å². The van der Waals surface area contributed by atoms with Crippen LogP contribution in [0.2, 0.25) is 0 Å². The molecule has 0 spiro atoms. The van der Waals surface area contributed by atoms with Crippen LogP contribution in [-0.2, 0) is 35.8 Å². The highest BCUT2D eigenvalue weighted by Gasteiger charge is 2.44. The Morgan fingerprint density at radius 1 is 1.15 bits per heavy atom. The van der Waals surface area contributed by atoms with Crippen molar-refractivity contribution in [3.05, 3.63) is 61.2 Å². The predicted molar refractivity (Wildman–Crippen MR) is 142 cm³/mol. The molecule has 1 fully saturated rings. The highest BCUT2D eigenvalue weighted by Crippen LogP contribution is 2.58. The van der Waals surface area contributed by atoms with E-state index in [4.69, 9.17) is 18.3 Å². The van der Waals surface area contributed by atoms with Crippen LogP contribution in [0.5, 0.6) is 5.75 Å². The monoisotopic (exact) mass is 570 g/mol. The van der Waals surface area contributed by atoms with E-state index < -0.39 is 60.8 Å². The van der Waals surface area contributed by atoms with Crippen LogP contribution in [0.4, 0.5) is 8.78 Å². The Balaban J connectivity index is 1.55. The first-order chi connectivity index (χ1) is 17.9. The van der Waals surface area contributed by atoms with Crippen LogP contribution in [0.1, 0.15) is 96.2 Å². The highest BCUT2D eigenvalue weighted by molar-refractivity contribution is 7.49. The van der Waals surface area contributed by atoms with Crippen molar-refractivity contribution in [1.29, 1.82) is 0 Å². The third-order valence-corrected chi connectivity index (χ3v) is 8.30. The zero-order valence-electron chi connectivity index (χ0n) is 23.6. The van der Waals surface area contributed by atoms with Gasteiger partial charge in [-0.15, -0.1) is 0 Å². The number of ether oxygens (including phenoxy) is 1. The number of halogens is 2. The molecule has 4 rings (SSSR count). The standard InChI is InChI=1S/C27H37F2N2O7P/c1-14(2)15-11-31(25(33)30-24(15)32)21-10-19(28)20(37-21)13-36-39(34)35-12-16-22(29)17(26(3,4)5)9-18(23(16)38-39)27(6,7)8/h9,11,14,19-21H,10,12-13H2,1-8H3,(H,30,32,33). The van der Waals surface area contributed by atoms with Crippen molar-refractivity contribution >= 4 is 7.82 Å². The van der Waals surface area contributed by atoms with E-state index in [1.807, 2.05) is 41.5 Å². The van der Waals surface area contributed by atoms with E-state index in [0.29, 0.717) is 16.7 Å². The van der Waals surface area contributed by atoms with Crippen molar-refractivity contribution in [3.8, 4) is 5.75 Å². The molecule has 9 nitrogen and oxygen atoms in total. The summed E-state index contributed by atoms with van der Waals surface area (Å²) in [7, 11) is -4.25. The van der Waals surface area contributed by atoms with Crippen molar-refractivity contribution in [2.45, 2.75) is 104 Å². The molecule has 2 aliphatic rings. The molecule has 0 amide bonds. The first-order valence-electron chi connectivity index (χ1n) is 13.0. The molecule has 1 aromatic carbocycles. The minimum Gasteiger partial charge on any atom is -0.403 e. The normalized spacial score (nSPS) is 25.6. The van der Waals surface area contributed by atoms with Crippen molar-refractivity contribution in [3.63, 3.8) is 0 Å². The molecule has 0 aliphatic carbocycles. The van der Waals surface area contributed by atoms with E-state index >= 15 is 4.39 Å².